The molecule has 1 heterocycles. The molecule has 1 unspecified atom stereocenters. The number of methoxy groups -OCH3 is 1. The molecule has 1 atom stereocenters. The Morgan fingerprint density at radius 3 is 2.89 bits per heavy atom. The molecule has 100 valence electrons. The Hall–Kier alpha value is -1.37. The smallest absolute Gasteiger partial charge is 0.337 e. The first-order chi connectivity index (χ1) is 8.58. The summed E-state index contributed by atoms with van der Waals surface area (Å²) in [6, 6.07) is 1.06. The van der Waals surface area contributed by atoms with E-state index in [-0.39, 0.29) is 23.2 Å². The summed E-state index contributed by atoms with van der Waals surface area (Å²) in [7, 11) is 1.57. The summed E-state index contributed by atoms with van der Waals surface area (Å²) in [6.07, 6.45) is 1.80. The van der Waals surface area contributed by atoms with E-state index in [1.807, 2.05) is 0 Å². The highest BCUT2D eigenvalue weighted by Gasteiger charge is 2.12. The number of pyridine rings is 1. The number of aromatic nitrogens is 1. The zero-order valence-corrected chi connectivity index (χ0v) is 10.6. The summed E-state index contributed by atoms with van der Waals surface area (Å²) < 4.78 is 4.91. The van der Waals surface area contributed by atoms with Crippen LogP contribution < -0.4 is 5.32 Å². The summed E-state index contributed by atoms with van der Waals surface area (Å²) in [5, 5.41) is 21.1. The fourth-order valence-corrected chi connectivity index (χ4v) is 1.54. The van der Waals surface area contributed by atoms with Gasteiger partial charge in [-0.2, -0.15) is 0 Å². The number of nitrogens with zero attached hydrogens (tertiary/aromatic N) is 1. The quantitative estimate of drug-likeness (QED) is 0.693. The lowest BCUT2D eigenvalue weighted by molar-refractivity contribution is 0.0696. The molecule has 0 bridgehead atoms. The van der Waals surface area contributed by atoms with E-state index in [1.54, 1.807) is 7.11 Å². The predicted molar refractivity (Wildman–Crippen MR) is 67.2 cm³/mol. The number of rotatable bonds is 7. The molecule has 0 aromatic carbocycles. The van der Waals surface area contributed by atoms with E-state index >= 15 is 0 Å². The largest absolute Gasteiger partial charge is 0.478 e. The number of carboxylic acid groups (broad SMARTS) is 1. The predicted octanol–water partition coefficient (Wildman–Crippen LogP) is 1.24. The second-order valence-electron chi connectivity index (χ2n) is 3.66. The van der Waals surface area contributed by atoms with E-state index in [1.165, 1.54) is 12.3 Å². The Balaban J connectivity index is 2.74. The number of hydrogen-bond acceptors (Lipinski definition) is 5. The summed E-state index contributed by atoms with van der Waals surface area (Å²) in [5.41, 5.74) is 0.0167. The van der Waals surface area contributed by atoms with Gasteiger partial charge < -0.3 is 20.3 Å². The number of hydrogen-bond donors (Lipinski definition) is 3. The molecule has 0 amide bonds. The van der Waals surface area contributed by atoms with Gasteiger partial charge >= 0.3 is 5.97 Å². The van der Waals surface area contributed by atoms with Gasteiger partial charge in [0.1, 0.15) is 5.82 Å². The molecular weight excluding hydrogens is 260 g/mol. The first kappa shape index (κ1) is 14.7. The van der Waals surface area contributed by atoms with E-state index < -0.39 is 5.97 Å². The van der Waals surface area contributed by atoms with Crippen molar-refractivity contribution in [2.24, 2.45) is 0 Å². The van der Waals surface area contributed by atoms with Crippen LogP contribution in [0.5, 0.6) is 0 Å². The second-order valence-corrected chi connectivity index (χ2v) is 4.07. The topological polar surface area (TPSA) is 91.7 Å². The van der Waals surface area contributed by atoms with Gasteiger partial charge in [0.2, 0.25) is 0 Å². The van der Waals surface area contributed by atoms with E-state index in [9.17, 15) is 4.79 Å². The van der Waals surface area contributed by atoms with Crippen LogP contribution in [0.3, 0.4) is 0 Å². The highest BCUT2D eigenvalue weighted by Crippen LogP contribution is 2.21. The van der Waals surface area contributed by atoms with Crippen LogP contribution in [-0.4, -0.2) is 47.5 Å². The molecule has 0 saturated carbocycles. The number of ether oxygens (including phenoxy) is 1. The van der Waals surface area contributed by atoms with Crippen molar-refractivity contribution in [2.75, 3.05) is 25.6 Å². The Morgan fingerprint density at radius 2 is 2.39 bits per heavy atom. The Morgan fingerprint density at radius 1 is 1.67 bits per heavy atom. The van der Waals surface area contributed by atoms with Crippen molar-refractivity contribution in [1.29, 1.82) is 0 Å². The molecule has 6 nitrogen and oxygen atoms in total. The number of carboxylic acids is 1. The van der Waals surface area contributed by atoms with E-state index in [2.05, 4.69) is 10.3 Å². The third kappa shape index (κ3) is 4.14. The third-order valence-corrected chi connectivity index (χ3v) is 2.61. The molecule has 1 aromatic rings. The number of anilines is 1. The number of halogens is 1. The molecule has 0 fully saturated rings. The maximum Gasteiger partial charge on any atom is 0.337 e. The Bertz CT molecular complexity index is 414. The average Bonchev–Trinajstić information content (AvgIpc) is 2.35. The maximum absolute atomic E-state index is 10.7. The monoisotopic (exact) mass is 274 g/mol. The molecule has 0 aliphatic rings. The van der Waals surface area contributed by atoms with Gasteiger partial charge in [-0.15, -0.1) is 0 Å². The molecule has 1 rings (SSSR count). The first-order valence-electron chi connectivity index (χ1n) is 5.33. The van der Waals surface area contributed by atoms with Crippen molar-refractivity contribution >= 4 is 23.4 Å². The highest BCUT2D eigenvalue weighted by molar-refractivity contribution is 6.33. The fraction of sp³-hybridized carbons (Fsp3) is 0.455. The van der Waals surface area contributed by atoms with Crippen molar-refractivity contribution in [3.8, 4) is 0 Å². The van der Waals surface area contributed by atoms with Crippen LogP contribution in [0.25, 0.3) is 0 Å². The number of aliphatic hydroxyl groups excluding tert-OH is 1. The molecule has 0 radical (unpaired) electrons. The first-order valence-corrected chi connectivity index (χ1v) is 5.71. The van der Waals surface area contributed by atoms with Gasteiger partial charge in [-0.25, -0.2) is 9.78 Å². The van der Waals surface area contributed by atoms with Crippen LogP contribution >= 0.6 is 11.6 Å². The second kappa shape index (κ2) is 7.15. The van der Waals surface area contributed by atoms with Gasteiger partial charge in [0.15, 0.2) is 0 Å². The molecule has 0 saturated heterocycles. The minimum absolute atomic E-state index is 0.0167. The summed E-state index contributed by atoms with van der Waals surface area (Å²) in [4.78, 5) is 14.6. The number of nitrogens with one attached hydrogen (secondary N) is 1. The molecule has 1 aromatic heterocycles. The third-order valence-electron chi connectivity index (χ3n) is 2.32. The zero-order valence-electron chi connectivity index (χ0n) is 9.89. The van der Waals surface area contributed by atoms with Crippen LogP contribution in [0.4, 0.5) is 5.82 Å². The van der Waals surface area contributed by atoms with Crippen molar-refractivity contribution in [1.82, 2.24) is 4.98 Å². The lowest BCUT2D eigenvalue weighted by Crippen LogP contribution is -2.26. The van der Waals surface area contributed by atoms with Gasteiger partial charge in [0.05, 0.1) is 23.2 Å². The molecule has 0 aliphatic heterocycles. The van der Waals surface area contributed by atoms with E-state index in [0.29, 0.717) is 18.8 Å². The van der Waals surface area contributed by atoms with E-state index in [0.717, 1.165) is 0 Å². The van der Waals surface area contributed by atoms with Gasteiger partial charge in [0, 0.05) is 19.9 Å². The lowest BCUT2D eigenvalue weighted by atomic mass is 10.2. The minimum atomic E-state index is -1.09. The summed E-state index contributed by atoms with van der Waals surface area (Å²) in [6.45, 7) is 0.394. The molecule has 3 N–H and O–H groups in total. The Labute approximate surface area is 110 Å². The van der Waals surface area contributed by atoms with Crippen LogP contribution in [-0.2, 0) is 4.74 Å². The summed E-state index contributed by atoms with van der Waals surface area (Å²) in [5.74, 6) is -0.745. The molecule has 0 aliphatic carbocycles. The highest BCUT2D eigenvalue weighted by atomic mass is 35.5. The van der Waals surface area contributed by atoms with Crippen LogP contribution in [0.1, 0.15) is 16.8 Å². The van der Waals surface area contributed by atoms with Crippen LogP contribution in [0.2, 0.25) is 5.02 Å². The normalized spacial score (nSPS) is 12.2. The van der Waals surface area contributed by atoms with Crippen molar-refractivity contribution in [2.45, 2.75) is 12.5 Å². The lowest BCUT2D eigenvalue weighted by Gasteiger charge is -2.17. The van der Waals surface area contributed by atoms with Crippen LogP contribution in [0.15, 0.2) is 12.3 Å². The van der Waals surface area contributed by atoms with E-state index in [4.69, 9.17) is 26.6 Å². The number of carbonyl (C=O) groups is 1. The molecule has 7 heteroatoms. The van der Waals surface area contributed by atoms with Crippen molar-refractivity contribution < 1.29 is 19.7 Å². The average molecular weight is 275 g/mol. The number of aliphatic hydroxyl groups is 1. The fourth-order valence-electron chi connectivity index (χ4n) is 1.32. The SMILES string of the molecule is COCCC(CO)Nc1ncc(C(=O)O)cc1Cl. The van der Waals surface area contributed by atoms with Crippen molar-refractivity contribution in [3.05, 3.63) is 22.8 Å². The molecule has 0 spiro atoms. The van der Waals surface area contributed by atoms with Crippen LogP contribution in [0, 0.1) is 0 Å². The zero-order chi connectivity index (χ0) is 13.5. The van der Waals surface area contributed by atoms with Gasteiger partial charge in [-0.05, 0) is 12.5 Å². The number of aromatic carboxylic acids is 1. The summed E-state index contributed by atoms with van der Waals surface area (Å²) >= 11 is 5.91. The Kier molecular flexibility index (Phi) is 5.84. The minimum Gasteiger partial charge on any atom is -0.478 e. The standard InChI is InChI=1S/C11H15ClN2O4/c1-18-3-2-8(6-15)14-10-9(12)4-7(5-13-10)11(16)17/h4-5,8,15H,2-3,6H2,1H3,(H,13,14)(H,16,17). The molecule has 18 heavy (non-hydrogen) atoms. The maximum atomic E-state index is 10.7. The van der Waals surface area contributed by atoms with Gasteiger partial charge in [-0.1, -0.05) is 11.6 Å². The van der Waals surface area contributed by atoms with Gasteiger partial charge in [0.25, 0.3) is 0 Å². The van der Waals surface area contributed by atoms with Gasteiger partial charge in [-0.3, -0.25) is 0 Å². The van der Waals surface area contributed by atoms with Crippen molar-refractivity contribution in [3.63, 3.8) is 0 Å². The molecular formula is C11H15ClN2O4.